The molecule has 0 saturated carbocycles. The van der Waals surface area contributed by atoms with Crippen LogP contribution in [0.1, 0.15) is 0 Å². The van der Waals surface area contributed by atoms with Gasteiger partial charge in [-0.3, -0.25) is 4.55 Å². The van der Waals surface area contributed by atoms with Crippen molar-refractivity contribution in [2.24, 2.45) is 0 Å². The Morgan fingerprint density at radius 1 is 0.714 bits per heavy atom. The van der Waals surface area contributed by atoms with Gasteiger partial charge in [0.25, 0.3) is 10.1 Å². The van der Waals surface area contributed by atoms with Crippen LogP contribution in [0.3, 0.4) is 0 Å². The van der Waals surface area contributed by atoms with Gasteiger partial charge in [-0.25, -0.2) is 8.42 Å². The van der Waals surface area contributed by atoms with Gasteiger partial charge < -0.3 is 4.55 Å². The minimum atomic E-state index is -4.49. The van der Waals surface area contributed by atoms with Gasteiger partial charge in [0.2, 0.25) is 0 Å². The van der Waals surface area contributed by atoms with Gasteiger partial charge in [0.15, 0.2) is 0 Å². The van der Waals surface area contributed by atoms with Crippen molar-refractivity contribution in [3.8, 4) is 11.1 Å². The van der Waals surface area contributed by atoms with Crippen LogP contribution < -0.4 is 51.4 Å². The first-order chi connectivity index (χ1) is 9.18. The van der Waals surface area contributed by atoms with Crippen LogP contribution in [-0.2, 0) is 20.2 Å². The maximum atomic E-state index is 10.9. The minimum Gasteiger partial charge on any atom is -0.744 e. The van der Waals surface area contributed by atoms with Crippen LogP contribution in [-0.4, -0.2) is 25.9 Å². The summed E-state index contributed by atoms with van der Waals surface area (Å²) in [6.45, 7) is 0. The van der Waals surface area contributed by atoms with E-state index >= 15 is 0 Å². The summed E-state index contributed by atoms with van der Waals surface area (Å²) in [7, 11) is -8.74. The fourth-order valence-electron chi connectivity index (χ4n) is 1.63. The molecule has 9 heteroatoms. The van der Waals surface area contributed by atoms with Crippen molar-refractivity contribution >= 4 is 20.2 Å². The predicted molar refractivity (Wildman–Crippen MR) is 69.7 cm³/mol. The molecule has 0 aromatic heterocycles. The number of hydrogen-bond acceptors (Lipinski definition) is 5. The molecule has 2 rings (SSSR count). The summed E-state index contributed by atoms with van der Waals surface area (Å²) in [6, 6.07) is 10.6. The second-order valence-corrected chi connectivity index (χ2v) is 6.78. The van der Waals surface area contributed by atoms with Crippen LogP contribution >= 0.6 is 0 Å². The van der Waals surface area contributed by atoms with E-state index in [0.717, 1.165) is 0 Å². The molecule has 0 saturated heterocycles. The Balaban J connectivity index is 0.00000220. The Kier molecular flexibility index (Phi) is 6.30. The summed E-state index contributed by atoms with van der Waals surface area (Å²) in [4.78, 5) is -0.573. The minimum absolute atomic E-state index is 0. The molecule has 0 amide bonds. The van der Waals surface area contributed by atoms with E-state index in [1.54, 1.807) is 0 Å². The standard InChI is InChI=1S/C12H10O6S2.K/c13-19(14,15)11-5-1-9(2-6-11)10-3-7-12(8-4-10)20(16,17)18;/h1-8H,(H,13,14,15)(H,16,17,18);/q;+1/p-1. The molecule has 0 aliphatic rings. The van der Waals surface area contributed by atoms with E-state index in [4.69, 9.17) is 4.55 Å². The molecule has 1 N–H and O–H groups in total. The third-order valence-electron chi connectivity index (χ3n) is 2.63. The van der Waals surface area contributed by atoms with E-state index in [9.17, 15) is 21.4 Å². The van der Waals surface area contributed by atoms with Crippen molar-refractivity contribution in [2.45, 2.75) is 9.79 Å². The molecule has 0 fully saturated rings. The van der Waals surface area contributed by atoms with Crippen molar-refractivity contribution in [2.75, 3.05) is 0 Å². The van der Waals surface area contributed by atoms with E-state index in [2.05, 4.69) is 0 Å². The first-order valence-corrected chi connectivity index (χ1v) is 8.17. The molecule has 2 aromatic rings. The summed E-state index contributed by atoms with van der Waals surface area (Å²) in [5.41, 5.74) is 1.23. The summed E-state index contributed by atoms with van der Waals surface area (Å²) in [5, 5.41) is 0. The van der Waals surface area contributed by atoms with Gasteiger partial charge >= 0.3 is 51.4 Å². The Bertz CT molecular complexity index is 751. The number of rotatable bonds is 3. The number of benzene rings is 2. The first-order valence-electron chi connectivity index (χ1n) is 5.32. The monoisotopic (exact) mass is 352 g/mol. The van der Waals surface area contributed by atoms with Gasteiger partial charge in [-0.15, -0.1) is 0 Å². The van der Waals surface area contributed by atoms with Crippen LogP contribution in [0.15, 0.2) is 58.3 Å². The first kappa shape index (κ1) is 18.9. The molecule has 0 radical (unpaired) electrons. The van der Waals surface area contributed by atoms with Crippen molar-refractivity contribution in [1.82, 2.24) is 0 Å². The molecule has 0 spiro atoms. The normalized spacial score (nSPS) is 11.7. The van der Waals surface area contributed by atoms with Crippen LogP contribution in [0.4, 0.5) is 0 Å². The van der Waals surface area contributed by atoms with Crippen LogP contribution in [0.2, 0.25) is 0 Å². The summed E-state index contributed by atoms with van der Waals surface area (Å²) < 4.78 is 63.0. The second kappa shape index (κ2) is 6.98. The fourth-order valence-corrected chi connectivity index (χ4v) is 2.58. The van der Waals surface area contributed by atoms with Crippen LogP contribution in [0.25, 0.3) is 11.1 Å². The third-order valence-corrected chi connectivity index (χ3v) is 4.35. The van der Waals surface area contributed by atoms with E-state index < -0.39 is 20.2 Å². The maximum Gasteiger partial charge on any atom is 1.00 e. The molecular formula is C12H9KO6S2. The van der Waals surface area contributed by atoms with E-state index in [0.29, 0.717) is 11.1 Å². The largest absolute Gasteiger partial charge is 1.00 e. The van der Waals surface area contributed by atoms with Gasteiger partial charge in [0.05, 0.1) is 9.79 Å². The number of hydrogen-bond donors (Lipinski definition) is 1. The third kappa shape index (κ3) is 4.95. The SMILES string of the molecule is O=S(=O)([O-])c1ccc(-c2ccc(S(=O)(=O)O)cc2)cc1.[K+]. The Morgan fingerprint density at radius 3 is 1.33 bits per heavy atom. The van der Waals surface area contributed by atoms with Crippen molar-refractivity contribution < 1.29 is 77.3 Å². The molecule has 6 nitrogen and oxygen atoms in total. The van der Waals surface area contributed by atoms with Crippen molar-refractivity contribution in [1.29, 1.82) is 0 Å². The maximum absolute atomic E-state index is 10.9. The average Bonchev–Trinajstić information content (AvgIpc) is 2.37. The fraction of sp³-hybridized carbons (Fsp3) is 0. The summed E-state index contributed by atoms with van der Waals surface area (Å²) in [6.07, 6.45) is 0. The van der Waals surface area contributed by atoms with Gasteiger partial charge in [0.1, 0.15) is 10.1 Å². The van der Waals surface area contributed by atoms with Crippen LogP contribution in [0, 0.1) is 0 Å². The molecule has 0 bridgehead atoms. The van der Waals surface area contributed by atoms with Gasteiger partial charge in [-0.1, -0.05) is 24.3 Å². The molecule has 0 aliphatic carbocycles. The van der Waals surface area contributed by atoms with E-state index in [1.807, 2.05) is 0 Å². The predicted octanol–water partition coefficient (Wildman–Crippen LogP) is -1.49. The molecular weight excluding hydrogens is 343 g/mol. The zero-order valence-corrected chi connectivity index (χ0v) is 15.7. The Labute approximate surface area is 165 Å². The molecule has 0 atom stereocenters. The quantitative estimate of drug-likeness (QED) is 0.532. The zero-order valence-electron chi connectivity index (χ0n) is 10.9. The van der Waals surface area contributed by atoms with Gasteiger partial charge in [0, 0.05) is 0 Å². The average molecular weight is 352 g/mol. The molecule has 106 valence electrons. The molecule has 0 aliphatic heterocycles. The summed E-state index contributed by atoms with van der Waals surface area (Å²) in [5.74, 6) is 0. The van der Waals surface area contributed by atoms with E-state index in [-0.39, 0.29) is 61.2 Å². The Morgan fingerprint density at radius 2 is 1.05 bits per heavy atom. The summed E-state index contributed by atoms with van der Waals surface area (Å²) >= 11 is 0. The topological polar surface area (TPSA) is 112 Å². The van der Waals surface area contributed by atoms with Gasteiger partial charge in [-0.05, 0) is 35.4 Å². The van der Waals surface area contributed by atoms with E-state index in [1.165, 1.54) is 48.5 Å². The van der Waals surface area contributed by atoms with Crippen LogP contribution in [0.5, 0.6) is 0 Å². The molecule has 0 heterocycles. The zero-order chi connectivity index (χ0) is 15.0. The Hall–Kier alpha value is -0.104. The molecule has 2 aromatic carbocycles. The van der Waals surface area contributed by atoms with Crippen molar-refractivity contribution in [3.63, 3.8) is 0 Å². The molecule has 0 unspecified atom stereocenters. The molecule has 21 heavy (non-hydrogen) atoms. The van der Waals surface area contributed by atoms with Crippen molar-refractivity contribution in [3.05, 3.63) is 48.5 Å². The smallest absolute Gasteiger partial charge is 0.744 e. The second-order valence-electron chi connectivity index (χ2n) is 3.98. The van der Waals surface area contributed by atoms with Gasteiger partial charge in [-0.2, -0.15) is 8.42 Å².